The van der Waals surface area contributed by atoms with Gasteiger partial charge in [0.15, 0.2) is 0 Å². The largest absolute Gasteiger partial charge is 0.339 e. The Labute approximate surface area is 208 Å². The number of hydrogen-bond acceptors (Lipinski definition) is 5. The van der Waals surface area contributed by atoms with E-state index in [0.717, 1.165) is 34.4 Å². The summed E-state index contributed by atoms with van der Waals surface area (Å²) in [5, 5.41) is 7.19. The summed E-state index contributed by atoms with van der Waals surface area (Å²) in [6.45, 7) is 7.11. The number of nitrogens with zero attached hydrogens (tertiary/aromatic N) is 4. The molecule has 0 saturated heterocycles. The van der Waals surface area contributed by atoms with E-state index in [4.69, 9.17) is 0 Å². The first-order chi connectivity index (χ1) is 17.3. The molecule has 5 rings (SSSR count). The molecule has 0 spiro atoms. The van der Waals surface area contributed by atoms with Crippen molar-refractivity contribution in [2.75, 3.05) is 18.4 Å². The lowest BCUT2D eigenvalue weighted by atomic mass is 10.0. The molecule has 184 valence electrons. The lowest BCUT2D eigenvalue weighted by molar-refractivity contribution is 0.193. The van der Waals surface area contributed by atoms with Crippen molar-refractivity contribution >= 4 is 34.1 Å². The van der Waals surface area contributed by atoms with Crippen LogP contribution in [0.1, 0.15) is 32.9 Å². The molecule has 0 fully saturated rings. The first-order valence-corrected chi connectivity index (χ1v) is 11.9. The second-order valence-electron chi connectivity index (χ2n) is 9.86. The number of para-hydroxylation sites is 1. The number of amides is 2. The van der Waals surface area contributed by atoms with E-state index in [1.54, 1.807) is 16.8 Å². The minimum atomic E-state index is -0.269. The highest BCUT2D eigenvalue weighted by molar-refractivity contribution is 5.92. The van der Waals surface area contributed by atoms with Crippen LogP contribution in [0.15, 0.2) is 71.9 Å². The second-order valence-corrected chi connectivity index (χ2v) is 9.86. The van der Waals surface area contributed by atoms with Gasteiger partial charge in [0.2, 0.25) is 0 Å². The standard InChI is InChI=1S/C27H29N7O2/c1-27(2,3)32-26(36)33-13-11-18(12-14-33)22-15-21-24(28-17-29-25(21)31-22)30-19-9-10-23(35)34(16-19)20-7-5-4-6-8-20/h4-11,15-17H,12-14H2,1-3H3,(H,32,36)(H2,28,29,30,31). The van der Waals surface area contributed by atoms with E-state index in [1.165, 1.54) is 12.4 Å². The molecule has 0 aliphatic carbocycles. The van der Waals surface area contributed by atoms with Gasteiger partial charge in [0.05, 0.1) is 11.1 Å². The molecule has 0 radical (unpaired) electrons. The van der Waals surface area contributed by atoms with Crippen molar-refractivity contribution in [1.29, 1.82) is 0 Å². The predicted molar refractivity (Wildman–Crippen MR) is 142 cm³/mol. The molecule has 9 heteroatoms. The molecule has 0 bridgehead atoms. The molecule has 1 aliphatic rings. The zero-order chi connectivity index (χ0) is 25.3. The minimum absolute atomic E-state index is 0.0522. The van der Waals surface area contributed by atoms with Crippen LogP contribution in [0.3, 0.4) is 0 Å². The number of fused-ring (bicyclic) bond motifs is 1. The Balaban J connectivity index is 1.38. The molecule has 4 aromatic rings. The van der Waals surface area contributed by atoms with Gasteiger partial charge in [-0.3, -0.25) is 9.36 Å². The monoisotopic (exact) mass is 483 g/mol. The van der Waals surface area contributed by atoms with Gasteiger partial charge >= 0.3 is 6.03 Å². The Morgan fingerprint density at radius 2 is 1.89 bits per heavy atom. The summed E-state index contributed by atoms with van der Waals surface area (Å²) in [5.41, 5.74) is 3.95. The van der Waals surface area contributed by atoms with Gasteiger partial charge in [-0.15, -0.1) is 0 Å². The minimum Gasteiger partial charge on any atom is -0.339 e. The van der Waals surface area contributed by atoms with Crippen LogP contribution in [0.5, 0.6) is 0 Å². The summed E-state index contributed by atoms with van der Waals surface area (Å²) in [4.78, 5) is 38.9. The van der Waals surface area contributed by atoms with Gasteiger partial charge < -0.3 is 20.5 Å². The Morgan fingerprint density at radius 3 is 2.61 bits per heavy atom. The average molecular weight is 484 g/mol. The third-order valence-electron chi connectivity index (χ3n) is 5.96. The van der Waals surface area contributed by atoms with Crippen LogP contribution in [0.4, 0.5) is 16.3 Å². The number of rotatable bonds is 4. The zero-order valence-electron chi connectivity index (χ0n) is 20.6. The quantitative estimate of drug-likeness (QED) is 0.398. The number of H-pyrrole nitrogens is 1. The maximum Gasteiger partial charge on any atom is 0.318 e. The number of aromatic amines is 1. The highest BCUT2D eigenvalue weighted by Gasteiger charge is 2.22. The smallest absolute Gasteiger partial charge is 0.318 e. The molecule has 3 aromatic heterocycles. The fraction of sp³-hybridized carbons (Fsp3) is 0.259. The number of carbonyl (C=O) groups is 1. The van der Waals surface area contributed by atoms with E-state index in [1.807, 2.05) is 62.1 Å². The summed E-state index contributed by atoms with van der Waals surface area (Å²) in [5.74, 6) is 0.642. The van der Waals surface area contributed by atoms with Crippen molar-refractivity contribution in [3.05, 3.63) is 83.2 Å². The number of carbonyl (C=O) groups excluding carboxylic acids is 1. The van der Waals surface area contributed by atoms with Gasteiger partial charge in [-0.1, -0.05) is 24.3 Å². The maximum atomic E-state index is 12.5. The number of anilines is 2. The van der Waals surface area contributed by atoms with Crippen molar-refractivity contribution in [2.45, 2.75) is 32.7 Å². The predicted octanol–water partition coefficient (Wildman–Crippen LogP) is 4.45. The molecule has 0 saturated carbocycles. The van der Waals surface area contributed by atoms with Crippen LogP contribution in [0.2, 0.25) is 0 Å². The SMILES string of the molecule is CC(C)(C)NC(=O)N1CC=C(c2cc3c(Nc4ccc(=O)n(-c5ccccc5)c4)ncnc3[nH]2)CC1. The van der Waals surface area contributed by atoms with E-state index < -0.39 is 0 Å². The topological polar surface area (TPSA) is 108 Å². The van der Waals surface area contributed by atoms with E-state index in [0.29, 0.717) is 24.6 Å². The molecular weight excluding hydrogens is 454 g/mol. The van der Waals surface area contributed by atoms with Gasteiger partial charge in [0, 0.05) is 42.3 Å². The number of pyridine rings is 1. The van der Waals surface area contributed by atoms with E-state index in [-0.39, 0.29) is 17.1 Å². The van der Waals surface area contributed by atoms with Gasteiger partial charge in [-0.25, -0.2) is 14.8 Å². The van der Waals surface area contributed by atoms with Crippen molar-refractivity contribution in [3.63, 3.8) is 0 Å². The van der Waals surface area contributed by atoms with E-state index >= 15 is 0 Å². The Bertz CT molecular complexity index is 1500. The number of urea groups is 1. The first kappa shape index (κ1) is 23.3. The maximum absolute atomic E-state index is 12.5. The Morgan fingerprint density at radius 1 is 1.08 bits per heavy atom. The first-order valence-electron chi connectivity index (χ1n) is 11.9. The fourth-order valence-corrected chi connectivity index (χ4v) is 4.20. The number of aromatic nitrogens is 4. The molecule has 3 N–H and O–H groups in total. The van der Waals surface area contributed by atoms with Gasteiger partial charge in [-0.05, 0) is 57.0 Å². The molecule has 1 aromatic carbocycles. The van der Waals surface area contributed by atoms with Crippen LogP contribution in [0.25, 0.3) is 22.3 Å². The average Bonchev–Trinajstić information content (AvgIpc) is 3.30. The molecular formula is C27H29N7O2. The third-order valence-corrected chi connectivity index (χ3v) is 5.96. The third kappa shape index (κ3) is 5.00. The van der Waals surface area contributed by atoms with Crippen molar-refractivity contribution in [2.24, 2.45) is 0 Å². The number of nitrogens with one attached hydrogen (secondary N) is 3. The molecule has 0 unspecified atom stereocenters. The molecule has 2 amide bonds. The van der Waals surface area contributed by atoms with Gasteiger partial charge in [-0.2, -0.15) is 0 Å². The lowest BCUT2D eigenvalue weighted by Gasteiger charge is -2.30. The molecule has 4 heterocycles. The van der Waals surface area contributed by atoms with Crippen molar-refractivity contribution in [1.82, 2.24) is 29.7 Å². The lowest BCUT2D eigenvalue weighted by Crippen LogP contribution is -2.49. The van der Waals surface area contributed by atoms with E-state index in [9.17, 15) is 9.59 Å². The number of benzene rings is 1. The van der Waals surface area contributed by atoms with Crippen molar-refractivity contribution in [3.8, 4) is 5.69 Å². The van der Waals surface area contributed by atoms with E-state index in [2.05, 4.69) is 31.7 Å². The normalized spacial score (nSPS) is 14.0. The molecule has 0 atom stereocenters. The second kappa shape index (κ2) is 9.33. The summed E-state index contributed by atoms with van der Waals surface area (Å²) in [7, 11) is 0. The summed E-state index contributed by atoms with van der Waals surface area (Å²) in [6.07, 6.45) is 6.08. The highest BCUT2D eigenvalue weighted by Crippen LogP contribution is 2.29. The zero-order valence-corrected chi connectivity index (χ0v) is 20.6. The van der Waals surface area contributed by atoms with Crippen LogP contribution in [0, 0.1) is 0 Å². The van der Waals surface area contributed by atoms with Crippen LogP contribution in [-0.2, 0) is 0 Å². The van der Waals surface area contributed by atoms with Gasteiger partial charge in [0.25, 0.3) is 5.56 Å². The summed E-state index contributed by atoms with van der Waals surface area (Å²) < 4.78 is 1.59. The Kier molecular flexibility index (Phi) is 6.05. The molecule has 9 nitrogen and oxygen atoms in total. The summed E-state index contributed by atoms with van der Waals surface area (Å²) in [6, 6.07) is 14.7. The molecule has 1 aliphatic heterocycles. The van der Waals surface area contributed by atoms with Gasteiger partial charge in [0.1, 0.15) is 17.8 Å². The van der Waals surface area contributed by atoms with Crippen molar-refractivity contribution < 1.29 is 4.79 Å². The number of hydrogen-bond donors (Lipinski definition) is 3. The van der Waals surface area contributed by atoms with Crippen LogP contribution < -0.4 is 16.2 Å². The Hall–Kier alpha value is -4.40. The highest BCUT2D eigenvalue weighted by atomic mass is 16.2. The van der Waals surface area contributed by atoms with Crippen LogP contribution in [-0.4, -0.2) is 49.1 Å². The van der Waals surface area contributed by atoms with Crippen LogP contribution >= 0.6 is 0 Å². The fourth-order valence-electron chi connectivity index (χ4n) is 4.20. The molecule has 36 heavy (non-hydrogen) atoms. The summed E-state index contributed by atoms with van der Waals surface area (Å²) >= 11 is 0.